The van der Waals surface area contributed by atoms with Gasteiger partial charge in [-0.1, -0.05) is 41.7 Å². The molecule has 0 radical (unpaired) electrons. The smallest absolute Gasteiger partial charge is 0.355 e. The molecule has 0 saturated carbocycles. The molecule has 2 aromatic carbocycles. The predicted octanol–water partition coefficient (Wildman–Crippen LogP) is 6.50. The van der Waals surface area contributed by atoms with E-state index in [1.807, 2.05) is 61.2 Å². The maximum Gasteiger partial charge on any atom is 0.355 e. The second kappa shape index (κ2) is 21.3. The Kier molecular flexibility index (Phi) is 15.7. The number of carboxylic acids is 1. The number of aromatic nitrogens is 4. The summed E-state index contributed by atoms with van der Waals surface area (Å²) >= 11 is 2.88. The highest BCUT2D eigenvalue weighted by Crippen LogP contribution is 2.34. The largest absolute Gasteiger partial charge is 0.491 e. The van der Waals surface area contributed by atoms with Crippen LogP contribution in [0, 0.1) is 24.6 Å². The number of nitrogens with zero attached hydrogens (tertiary/aromatic N) is 8. The Morgan fingerprint density at radius 2 is 1.83 bits per heavy atom. The Labute approximate surface area is 348 Å². The Morgan fingerprint density at radius 1 is 1.00 bits per heavy atom. The highest BCUT2D eigenvalue weighted by atomic mass is 32.1. The fourth-order valence-corrected chi connectivity index (χ4v) is 8.39. The molecule has 0 amide bonds. The molecule has 0 aliphatic carbocycles. The molecule has 1 aliphatic heterocycles. The van der Waals surface area contributed by atoms with Gasteiger partial charge in [-0.2, -0.15) is 0 Å². The van der Waals surface area contributed by atoms with Crippen molar-refractivity contribution in [2.45, 2.75) is 39.0 Å². The SMILES string of the molecule is Cc1cc(N(CCCCCNCCN2CCN(C)CC2)c2nc(C(=O)O)c(CCCOc3ccc(C#CCN(C)C)cc3F)s2)nnc1Nc1nc2ccccc2s1. The van der Waals surface area contributed by atoms with Crippen LogP contribution in [-0.2, 0) is 6.42 Å². The Hall–Kier alpha value is -4.76. The first-order chi connectivity index (χ1) is 28.1. The van der Waals surface area contributed by atoms with Crippen molar-refractivity contribution in [2.75, 3.05) is 96.9 Å². The highest BCUT2D eigenvalue weighted by Gasteiger charge is 2.23. The van der Waals surface area contributed by atoms with Crippen molar-refractivity contribution in [1.82, 2.24) is 40.2 Å². The summed E-state index contributed by atoms with van der Waals surface area (Å²) in [4.78, 5) is 31.2. The van der Waals surface area contributed by atoms with Crippen LogP contribution in [0.3, 0.4) is 0 Å². The van der Waals surface area contributed by atoms with Gasteiger partial charge in [0.05, 0.1) is 23.4 Å². The number of aryl methyl sites for hydroxylation is 2. The second-order valence-electron chi connectivity index (χ2n) is 14.7. The lowest BCUT2D eigenvalue weighted by Gasteiger charge is -2.32. The molecular weight excluding hydrogens is 776 g/mol. The van der Waals surface area contributed by atoms with E-state index in [2.05, 4.69) is 59.5 Å². The molecule has 3 N–H and O–H groups in total. The quantitative estimate of drug-likeness (QED) is 0.0583. The highest BCUT2D eigenvalue weighted by molar-refractivity contribution is 7.22. The summed E-state index contributed by atoms with van der Waals surface area (Å²) < 4.78 is 21.6. The lowest BCUT2D eigenvalue weighted by molar-refractivity contribution is 0.0690. The number of para-hydroxylation sites is 1. The molecule has 6 rings (SSSR count). The minimum atomic E-state index is -1.10. The average Bonchev–Trinajstić information content (AvgIpc) is 3.82. The zero-order valence-electron chi connectivity index (χ0n) is 33.8. The fourth-order valence-electron chi connectivity index (χ4n) is 6.39. The van der Waals surface area contributed by atoms with Gasteiger partial charge >= 0.3 is 5.97 Å². The minimum absolute atomic E-state index is 0.000173. The van der Waals surface area contributed by atoms with E-state index in [9.17, 15) is 14.3 Å². The number of anilines is 4. The van der Waals surface area contributed by atoms with Crippen molar-refractivity contribution in [1.29, 1.82) is 0 Å². The Bertz CT molecular complexity index is 2140. The number of piperazine rings is 1. The van der Waals surface area contributed by atoms with Crippen LogP contribution in [0.15, 0.2) is 48.5 Å². The third-order valence-corrected chi connectivity index (χ3v) is 11.8. The molecule has 1 fully saturated rings. The molecular formula is C42H53FN10O3S2. The zero-order valence-corrected chi connectivity index (χ0v) is 35.4. The van der Waals surface area contributed by atoms with Gasteiger partial charge in [-0.05, 0) is 102 Å². The van der Waals surface area contributed by atoms with E-state index in [-0.39, 0.29) is 18.1 Å². The van der Waals surface area contributed by atoms with Crippen LogP contribution in [-0.4, -0.2) is 133 Å². The van der Waals surface area contributed by atoms with E-state index in [1.54, 1.807) is 23.5 Å². The van der Waals surface area contributed by atoms with E-state index in [0.29, 0.717) is 53.1 Å². The van der Waals surface area contributed by atoms with Crippen molar-refractivity contribution >= 4 is 60.8 Å². The van der Waals surface area contributed by atoms with Crippen LogP contribution in [0.4, 0.5) is 26.3 Å². The van der Waals surface area contributed by atoms with Crippen LogP contribution in [0.25, 0.3) is 10.2 Å². The summed E-state index contributed by atoms with van der Waals surface area (Å²) in [5, 5.41) is 27.5. The van der Waals surface area contributed by atoms with Crippen molar-refractivity contribution in [3.05, 3.63) is 76.0 Å². The molecule has 58 heavy (non-hydrogen) atoms. The summed E-state index contributed by atoms with van der Waals surface area (Å²) in [5.41, 5.74) is 2.36. The third kappa shape index (κ3) is 12.4. The van der Waals surface area contributed by atoms with Gasteiger partial charge in [0.15, 0.2) is 39.2 Å². The molecule has 308 valence electrons. The van der Waals surface area contributed by atoms with Gasteiger partial charge in [0.2, 0.25) is 0 Å². The van der Waals surface area contributed by atoms with Gasteiger partial charge in [0.1, 0.15) is 0 Å². The molecule has 0 bridgehead atoms. The summed E-state index contributed by atoms with van der Waals surface area (Å²) in [6, 6.07) is 14.6. The van der Waals surface area contributed by atoms with Crippen LogP contribution in [0.1, 0.15) is 52.2 Å². The number of hydrogen-bond acceptors (Lipinski definition) is 14. The molecule has 4 heterocycles. The topological polar surface area (TPSA) is 135 Å². The number of carboxylic acid groups (broad SMARTS) is 1. The standard InChI is InChI=1S/C42H53FN10O3S2/c1-30-28-37(48-49-39(30)47-41-45-33-13-6-7-14-35(33)57-41)53(21-9-5-8-18-44-19-22-52-25-23-51(4)24-26-52)42-46-38(40(54)55)36(58-42)15-11-27-56-34-17-16-31(29-32(34)43)12-10-20-50(2)3/h6-7,13-14,16-17,28-29,44H,5,8-9,11,15,18-27H2,1-4H3,(H,54,55)(H,45,47,49). The van der Waals surface area contributed by atoms with Crippen molar-refractivity contribution < 1.29 is 19.0 Å². The van der Waals surface area contributed by atoms with Crippen molar-refractivity contribution in [3.8, 4) is 17.6 Å². The maximum atomic E-state index is 14.8. The van der Waals surface area contributed by atoms with Crippen LogP contribution >= 0.6 is 22.7 Å². The number of hydrogen-bond donors (Lipinski definition) is 3. The number of rotatable bonds is 20. The second-order valence-corrected chi connectivity index (χ2v) is 16.8. The molecule has 0 unspecified atom stereocenters. The average molecular weight is 829 g/mol. The van der Waals surface area contributed by atoms with Crippen LogP contribution < -0.4 is 20.3 Å². The molecule has 3 aromatic heterocycles. The molecule has 1 aliphatic rings. The van der Waals surface area contributed by atoms with Crippen molar-refractivity contribution in [3.63, 3.8) is 0 Å². The number of halogens is 1. The number of ether oxygens (including phenoxy) is 1. The summed E-state index contributed by atoms with van der Waals surface area (Å²) in [6.45, 7) is 10.8. The van der Waals surface area contributed by atoms with Gasteiger partial charge < -0.3 is 30.3 Å². The van der Waals surface area contributed by atoms with Gasteiger partial charge in [-0.25, -0.2) is 19.2 Å². The van der Waals surface area contributed by atoms with Crippen molar-refractivity contribution in [2.24, 2.45) is 0 Å². The first-order valence-corrected chi connectivity index (χ1v) is 21.4. The monoisotopic (exact) mass is 828 g/mol. The predicted molar refractivity (Wildman–Crippen MR) is 232 cm³/mol. The van der Waals surface area contributed by atoms with Gasteiger partial charge in [0, 0.05) is 56.3 Å². The number of unbranched alkanes of at least 4 members (excludes halogenated alkanes) is 2. The number of nitrogens with one attached hydrogen (secondary N) is 2. The normalized spacial score (nSPS) is 13.5. The minimum Gasteiger partial charge on any atom is -0.491 e. The molecule has 0 spiro atoms. The van der Waals surface area contributed by atoms with Gasteiger partial charge in [0.25, 0.3) is 0 Å². The summed E-state index contributed by atoms with van der Waals surface area (Å²) in [5.74, 6) is 5.69. The van der Waals surface area contributed by atoms with Crippen LogP contribution in [0.5, 0.6) is 5.75 Å². The third-order valence-electron chi connectivity index (χ3n) is 9.69. The van der Waals surface area contributed by atoms with E-state index in [0.717, 1.165) is 86.0 Å². The Morgan fingerprint density at radius 3 is 2.59 bits per heavy atom. The fraction of sp³-hybridized carbons (Fsp3) is 0.452. The van der Waals surface area contributed by atoms with E-state index in [4.69, 9.17) is 4.74 Å². The molecule has 5 aromatic rings. The number of aromatic carboxylic acids is 1. The zero-order chi connectivity index (χ0) is 40.9. The summed E-state index contributed by atoms with van der Waals surface area (Å²) in [7, 11) is 6.02. The number of carbonyl (C=O) groups is 1. The molecule has 16 heteroatoms. The first kappa shape index (κ1) is 42.8. The molecule has 0 atom stereocenters. The summed E-state index contributed by atoms with van der Waals surface area (Å²) in [6.07, 6.45) is 3.71. The van der Waals surface area contributed by atoms with E-state index < -0.39 is 11.8 Å². The number of thiazole rings is 2. The number of fused-ring (bicyclic) bond motifs is 1. The van der Waals surface area contributed by atoms with Crippen LogP contribution in [0.2, 0.25) is 0 Å². The van der Waals surface area contributed by atoms with Gasteiger partial charge in [-0.15, -0.1) is 21.5 Å². The van der Waals surface area contributed by atoms with Gasteiger partial charge in [-0.3, -0.25) is 9.80 Å². The van der Waals surface area contributed by atoms with E-state index in [1.165, 1.54) is 17.4 Å². The lowest BCUT2D eigenvalue weighted by Crippen LogP contribution is -2.46. The molecule has 13 nitrogen and oxygen atoms in total. The Balaban J connectivity index is 1.10. The first-order valence-electron chi connectivity index (χ1n) is 19.8. The molecule has 1 saturated heterocycles. The maximum absolute atomic E-state index is 14.8. The number of likely N-dealkylation sites (N-methyl/N-ethyl adjacent to an activating group) is 1. The van der Waals surface area contributed by atoms with E-state index >= 15 is 0 Å². The number of benzene rings is 2. The lowest BCUT2D eigenvalue weighted by atomic mass is 10.2.